The molecule has 0 aliphatic heterocycles. The standard InChI is InChI=1S/C18H20FN5S/c1-13-7-8-15(14(2)9-13)11-22(3)12-23-18(25)24(21-20-23)17-6-4-5-16(19)10-17/h4-10H,11-12H2,1-3H3. The van der Waals surface area contributed by atoms with Gasteiger partial charge in [0.15, 0.2) is 0 Å². The van der Waals surface area contributed by atoms with E-state index in [0.717, 1.165) is 6.54 Å². The number of tetrazole rings is 1. The minimum absolute atomic E-state index is 0.332. The zero-order valence-corrected chi connectivity index (χ0v) is 15.3. The molecule has 3 aromatic rings. The van der Waals surface area contributed by atoms with Gasteiger partial charge in [-0.15, -0.1) is 0 Å². The van der Waals surface area contributed by atoms with E-state index >= 15 is 0 Å². The van der Waals surface area contributed by atoms with Crippen LogP contribution in [0.25, 0.3) is 5.69 Å². The van der Waals surface area contributed by atoms with Crippen LogP contribution in [0.3, 0.4) is 0 Å². The highest BCUT2D eigenvalue weighted by molar-refractivity contribution is 7.71. The molecule has 0 aliphatic carbocycles. The summed E-state index contributed by atoms with van der Waals surface area (Å²) in [7, 11) is 2.00. The topological polar surface area (TPSA) is 38.9 Å². The van der Waals surface area contributed by atoms with Crippen LogP contribution >= 0.6 is 12.2 Å². The van der Waals surface area contributed by atoms with Gasteiger partial charge in [0, 0.05) is 6.54 Å². The Hall–Kier alpha value is -2.38. The molecule has 0 N–H and O–H groups in total. The molecule has 7 heteroatoms. The molecule has 0 bridgehead atoms. The van der Waals surface area contributed by atoms with Crippen LogP contribution in [0.15, 0.2) is 42.5 Å². The predicted octanol–water partition coefficient (Wildman–Crippen LogP) is 3.64. The van der Waals surface area contributed by atoms with Crippen LogP contribution in [0.1, 0.15) is 16.7 Å². The fourth-order valence-electron chi connectivity index (χ4n) is 2.73. The zero-order chi connectivity index (χ0) is 18.0. The van der Waals surface area contributed by atoms with Crippen LogP contribution in [0.5, 0.6) is 0 Å². The lowest BCUT2D eigenvalue weighted by Crippen LogP contribution is -2.23. The molecule has 0 aliphatic rings. The molecule has 0 unspecified atom stereocenters. The van der Waals surface area contributed by atoms with E-state index in [0.29, 0.717) is 17.1 Å². The molecule has 0 saturated heterocycles. The molecule has 0 fully saturated rings. The van der Waals surface area contributed by atoms with Crippen molar-refractivity contribution < 1.29 is 4.39 Å². The number of hydrogen-bond acceptors (Lipinski definition) is 4. The third-order valence-electron chi connectivity index (χ3n) is 4.01. The van der Waals surface area contributed by atoms with E-state index in [1.165, 1.54) is 33.5 Å². The Balaban J connectivity index is 1.76. The number of aryl methyl sites for hydroxylation is 2. The molecule has 5 nitrogen and oxygen atoms in total. The summed E-state index contributed by atoms with van der Waals surface area (Å²) >= 11 is 5.43. The smallest absolute Gasteiger partial charge is 0.221 e. The zero-order valence-electron chi connectivity index (χ0n) is 14.5. The van der Waals surface area contributed by atoms with Gasteiger partial charge < -0.3 is 0 Å². The minimum atomic E-state index is -0.332. The highest BCUT2D eigenvalue weighted by Crippen LogP contribution is 2.13. The summed E-state index contributed by atoms with van der Waals surface area (Å²) in [5.74, 6) is -0.332. The van der Waals surface area contributed by atoms with Crippen molar-refractivity contribution in [1.82, 2.24) is 24.7 Å². The molecule has 0 spiro atoms. The molecule has 0 radical (unpaired) electrons. The van der Waals surface area contributed by atoms with Crippen molar-refractivity contribution in [2.45, 2.75) is 27.1 Å². The number of benzene rings is 2. The van der Waals surface area contributed by atoms with Gasteiger partial charge in [-0.3, -0.25) is 4.90 Å². The van der Waals surface area contributed by atoms with Crippen molar-refractivity contribution in [3.8, 4) is 5.69 Å². The Morgan fingerprint density at radius 3 is 2.64 bits per heavy atom. The Kier molecular flexibility index (Phi) is 5.06. The fraction of sp³-hybridized carbons (Fsp3) is 0.278. The molecule has 0 atom stereocenters. The summed E-state index contributed by atoms with van der Waals surface area (Å²) < 4.78 is 16.9. The Morgan fingerprint density at radius 2 is 1.92 bits per heavy atom. The molecule has 0 saturated carbocycles. The van der Waals surface area contributed by atoms with Crippen molar-refractivity contribution in [2.75, 3.05) is 7.05 Å². The van der Waals surface area contributed by atoms with Gasteiger partial charge in [-0.1, -0.05) is 29.8 Å². The van der Waals surface area contributed by atoms with E-state index in [9.17, 15) is 4.39 Å². The van der Waals surface area contributed by atoms with Gasteiger partial charge >= 0.3 is 0 Å². The van der Waals surface area contributed by atoms with Gasteiger partial charge in [-0.25, -0.2) is 9.07 Å². The van der Waals surface area contributed by atoms with E-state index in [-0.39, 0.29) is 5.82 Å². The number of nitrogens with zero attached hydrogens (tertiary/aromatic N) is 5. The van der Waals surface area contributed by atoms with E-state index in [2.05, 4.69) is 47.4 Å². The van der Waals surface area contributed by atoms with E-state index in [1.54, 1.807) is 16.8 Å². The predicted molar refractivity (Wildman–Crippen MR) is 97.5 cm³/mol. The number of halogens is 1. The van der Waals surface area contributed by atoms with Crippen LogP contribution in [-0.4, -0.2) is 31.7 Å². The second-order valence-electron chi connectivity index (χ2n) is 6.24. The van der Waals surface area contributed by atoms with Crippen molar-refractivity contribution in [2.24, 2.45) is 0 Å². The minimum Gasteiger partial charge on any atom is -0.283 e. The highest BCUT2D eigenvalue weighted by atomic mass is 32.1. The molecule has 3 rings (SSSR count). The van der Waals surface area contributed by atoms with Gasteiger partial charge in [0.1, 0.15) is 5.82 Å². The molecule has 1 aromatic heterocycles. The average Bonchev–Trinajstić information content (AvgIpc) is 2.91. The second-order valence-corrected chi connectivity index (χ2v) is 6.60. The summed E-state index contributed by atoms with van der Waals surface area (Å²) in [5, 5.41) is 8.15. The van der Waals surface area contributed by atoms with Crippen LogP contribution in [-0.2, 0) is 13.2 Å². The molecule has 1 heterocycles. The first kappa shape index (κ1) is 17.4. The van der Waals surface area contributed by atoms with Gasteiger partial charge in [0.2, 0.25) is 4.77 Å². The first-order chi connectivity index (χ1) is 11.9. The molecule has 2 aromatic carbocycles. The van der Waals surface area contributed by atoms with Crippen molar-refractivity contribution in [3.63, 3.8) is 0 Å². The van der Waals surface area contributed by atoms with Gasteiger partial charge in [0.05, 0.1) is 12.4 Å². The molecular formula is C18H20FN5S. The SMILES string of the molecule is Cc1ccc(CN(C)Cn2nnn(-c3cccc(F)c3)c2=S)c(C)c1. The summed E-state index contributed by atoms with van der Waals surface area (Å²) in [6, 6.07) is 12.6. The van der Waals surface area contributed by atoms with Gasteiger partial charge in [-0.05, 0) is 72.9 Å². The third-order valence-corrected chi connectivity index (χ3v) is 4.39. The first-order valence-electron chi connectivity index (χ1n) is 7.97. The van der Waals surface area contributed by atoms with E-state index in [4.69, 9.17) is 12.2 Å². The Labute approximate surface area is 151 Å². The number of hydrogen-bond donors (Lipinski definition) is 0. The largest absolute Gasteiger partial charge is 0.283 e. The Bertz CT molecular complexity index is 947. The summed E-state index contributed by atoms with van der Waals surface area (Å²) in [6.45, 7) is 5.48. The van der Waals surface area contributed by atoms with Gasteiger partial charge in [0.25, 0.3) is 0 Å². The van der Waals surface area contributed by atoms with Crippen molar-refractivity contribution >= 4 is 12.2 Å². The van der Waals surface area contributed by atoms with Crippen molar-refractivity contribution in [3.05, 3.63) is 69.7 Å². The third kappa shape index (κ3) is 4.00. The van der Waals surface area contributed by atoms with E-state index < -0.39 is 0 Å². The quantitative estimate of drug-likeness (QED) is 0.654. The lowest BCUT2D eigenvalue weighted by Gasteiger charge is -2.17. The van der Waals surface area contributed by atoms with Gasteiger partial charge in [-0.2, -0.15) is 4.68 Å². The maximum Gasteiger partial charge on any atom is 0.221 e. The van der Waals surface area contributed by atoms with Crippen LogP contribution in [0.4, 0.5) is 4.39 Å². The van der Waals surface area contributed by atoms with Crippen LogP contribution in [0, 0.1) is 24.4 Å². The normalized spacial score (nSPS) is 11.2. The molecule has 130 valence electrons. The lowest BCUT2D eigenvalue weighted by molar-refractivity contribution is 0.241. The Morgan fingerprint density at radius 1 is 1.12 bits per heavy atom. The molecule has 0 amide bonds. The number of rotatable bonds is 5. The summed E-state index contributed by atoms with van der Waals surface area (Å²) in [4.78, 5) is 2.11. The summed E-state index contributed by atoms with van der Waals surface area (Å²) in [5.41, 5.74) is 4.34. The lowest BCUT2D eigenvalue weighted by atomic mass is 10.1. The van der Waals surface area contributed by atoms with Crippen LogP contribution in [0.2, 0.25) is 0 Å². The highest BCUT2D eigenvalue weighted by Gasteiger charge is 2.10. The second kappa shape index (κ2) is 7.25. The van der Waals surface area contributed by atoms with E-state index in [1.807, 2.05) is 7.05 Å². The number of aromatic nitrogens is 4. The maximum absolute atomic E-state index is 13.4. The average molecular weight is 357 g/mol. The first-order valence-corrected chi connectivity index (χ1v) is 8.38. The summed E-state index contributed by atoms with van der Waals surface area (Å²) in [6.07, 6.45) is 0. The molecule has 25 heavy (non-hydrogen) atoms. The maximum atomic E-state index is 13.4. The monoisotopic (exact) mass is 357 g/mol. The van der Waals surface area contributed by atoms with Crippen molar-refractivity contribution in [1.29, 1.82) is 0 Å². The molecular weight excluding hydrogens is 337 g/mol. The van der Waals surface area contributed by atoms with Crippen LogP contribution < -0.4 is 0 Å². The fourth-order valence-corrected chi connectivity index (χ4v) is 2.96.